The number of aromatic nitrogens is 3. The van der Waals surface area contributed by atoms with E-state index in [0.29, 0.717) is 5.95 Å². The number of hydrogen-bond acceptors (Lipinski definition) is 5. The Bertz CT molecular complexity index is 683. The van der Waals surface area contributed by atoms with Crippen LogP contribution in [0, 0.1) is 5.92 Å². The molecule has 0 amide bonds. The number of ether oxygens (including phenoxy) is 1. The third-order valence-corrected chi connectivity index (χ3v) is 3.74. The Labute approximate surface area is 134 Å². The maximum absolute atomic E-state index is 12.7. The zero-order valence-electron chi connectivity index (χ0n) is 11.7. The SMILES string of the molecule is FC(F)(F)c1ccc(Cl)c(OC[C@@H]2C[C@H]2Nc2nccnn2)c1. The van der Waals surface area contributed by atoms with Crippen LogP contribution in [0.5, 0.6) is 5.75 Å². The van der Waals surface area contributed by atoms with Crippen LogP contribution < -0.4 is 10.1 Å². The van der Waals surface area contributed by atoms with Gasteiger partial charge >= 0.3 is 6.18 Å². The van der Waals surface area contributed by atoms with Crippen molar-refractivity contribution in [3.05, 3.63) is 41.2 Å². The lowest BCUT2D eigenvalue weighted by Gasteiger charge is -2.12. The third-order valence-electron chi connectivity index (χ3n) is 3.43. The molecule has 2 aromatic rings. The Morgan fingerprint density at radius 2 is 2.13 bits per heavy atom. The molecule has 1 aliphatic carbocycles. The van der Waals surface area contributed by atoms with Crippen molar-refractivity contribution in [1.82, 2.24) is 15.2 Å². The summed E-state index contributed by atoms with van der Waals surface area (Å²) in [5, 5.41) is 10.7. The fourth-order valence-corrected chi connectivity index (χ4v) is 2.25. The fraction of sp³-hybridized carbons (Fsp3) is 0.357. The minimum Gasteiger partial charge on any atom is -0.492 e. The Balaban J connectivity index is 1.56. The summed E-state index contributed by atoms with van der Waals surface area (Å²) in [6.45, 7) is 0.263. The van der Waals surface area contributed by atoms with Crippen molar-refractivity contribution in [1.29, 1.82) is 0 Å². The van der Waals surface area contributed by atoms with E-state index in [1.807, 2.05) is 0 Å². The quantitative estimate of drug-likeness (QED) is 0.900. The molecule has 3 rings (SSSR count). The number of rotatable bonds is 5. The zero-order chi connectivity index (χ0) is 16.4. The van der Waals surface area contributed by atoms with Crippen LogP contribution in [0.2, 0.25) is 5.02 Å². The number of anilines is 1. The molecule has 23 heavy (non-hydrogen) atoms. The average molecular weight is 345 g/mol. The van der Waals surface area contributed by atoms with Crippen molar-refractivity contribution in [3.8, 4) is 5.75 Å². The second-order valence-corrected chi connectivity index (χ2v) is 5.57. The van der Waals surface area contributed by atoms with Crippen LogP contribution in [0.4, 0.5) is 19.1 Å². The number of nitrogens with zero attached hydrogens (tertiary/aromatic N) is 3. The zero-order valence-corrected chi connectivity index (χ0v) is 12.5. The van der Waals surface area contributed by atoms with Gasteiger partial charge in [0.15, 0.2) is 0 Å². The number of alkyl halides is 3. The van der Waals surface area contributed by atoms with Gasteiger partial charge < -0.3 is 10.1 Å². The number of benzene rings is 1. The van der Waals surface area contributed by atoms with Gasteiger partial charge in [0.2, 0.25) is 5.95 Å². The number of hydrogen-bond donors (Lipinski definition) is 1. The molecule has 1 aromatic heterocycles. The fourth-order valence-electron chi connectivity index (χ4n) is 2.08. The predicted octanol–water partition coefficient (Wildman–Crippen LogP) is 3.42. The second-order valence-electron chi connectivity index (χ2n) is 5.17. The standard InChI is InChI=1S/C14H12ClF3N4O/c15-10-2-1-9(14(16,17)18)6-12(10)23-7-8-5-11(8)21-13-19-3-4-20-22-13/h1-4,6,8,11H,5,7H2,(H,19,21,22)/t8-,11+/m0/s1. The van der Waals surface area contributed by atoms with Gasteiger partial charge in [-0.3, -0.25) is 0 Å². The maximum Gasteiger partial charge on any atom is 0.416 e. The van der Waals surface area contributed by atoms with E-state index >= 15 is 0 Å². The lowest BCUT2D eigenvalue weighted by molar-refractivity contribution is -0.137. The molecule has 0 spiro atoms. The minimum atomic E-state index is -4.43. The van der Waals surface area contributed by atoms with E-state index in [2.05, 4.69) is 20.5 Å². The number of nitrogens with one attached hydrogen (secondary N) is 1. The second kappa shape index (κ2) is 6.19. The topological polar surface area (TPSA) is 59.9 Å². The molecule has 0 unspecified atom stereocenters. The Kier molecular flexibility index (Phi) is 4.25. The van der Waals surface area contributed by atoms with Crippen LogP contribution in [0.15, 0.2) is 30.6 Å². The molecule has 5 nitrogen and oxygen atoms in total. The van der Waals surface area contributed by atoms with E-state index in [1.165, 1.54) is 18.5 Å². The maximum atomic E-state index is 12.7. The van der Waals surface area contributed by atoms with Crippen molar-refractivity contribution in [3.63, 3.8) is 0 Å². The van der Waals surface area contributed by atoms with E-state index in [4.69, 9.17) is 16.3 Å². The first kappa shape index (κ1) is 15.8. The molecule has 0 aliphatic heterocycles. The summed E-state index contributed by atoms with van der Waals surface area (Å²) < 4.78 is 43.5. The van der Waals surface area contributed by atoms with Crippen molar-refractivity contribution in [2.75, 3.05) is 11.9 Å². The Morgan fingerprint density at radius 3 is 2.83 bits per heavy atom. The molecule has 0 bridgehead atoms. The van der Waals surface area contributed by atoms with Gasteiger partial charge in [-0.25, -0.2) is 4.98 Å². The van der Waals surface area contributed by atoms with Crippen LogP contribution in [0.3, 0.4) is 0 Å². The van der Waals surface area contributed by atoms with Crippen LogP contribution in [-0.4, -0.2) is 27.8 Å². The third kappa shape index (κ3) is 4.01. The molecule has 0 radical (unpaired) electrons. The summed E-state index contributed by atoms with van der Waals surface area (Å²) in [4.78, 5) is 3.99. The molecule has 2 atom stereocenters. The van der Waals surface area contributed by atoms with Crippen LogP contribution in [0.1, 0.15) is 12.0 Å². The normalized spacial score (nSPS) is 20.2. The van der Waals surface area contributed by atoms with Gasteiger partial charge in [0, 0.05) is 12.0 Å². The highest BCUT2D eigenvalue weighted by molar-refractivity contribution is 6.32. The van der Waals surface area contributed by atoms with Crippen LogP contribution >= 0.6 is 11.6 Å². The predicted molar refractivity (Wildman–Crippen MR) is 77.3 cm³/mol. The monoisotopic (exact) mass is 344 g/mol. The van der Waals surface area contributed by atoms with Gasteiger partial charge in [-0.05, 0) is 24.6 Å². The molecule has 122 valence electrons. The van der Waals surface area contributed by atoms with E-state index in [0.717, 1.165) is 18.6 Å². The van der Waals surface area contributed by atoms with Gasteiger partial charge in [0.25, 0.3) is 0 Å². The first-order valence-electron chi connectivity index (χ1n) is 6.83. The highest BCUT2D eigenvalue weighted by atomic mass is 35.5. The molecule has 1 aliphatic rings. The lowest BCUT2D eigenvalue weighted by Crippen LogP contribution is -2.12. The smallest absolute Gasteiger partial charge is 0.416 e. The highest BCUT2D eigenvalue weighted by Gasteiger charge is 2.38. The van der Waals surface area contributed by atoms with Gasteiger partial charge in [-0.15, -0.1) is 5.10 Å². The van der Waals surface area contributed by atoms with Crippen molar-refractivity contribution in [2.24, 2.45) is 5.92 Å². The van der Waals surface area contributed by atoms with Crippen molar-refractivity contribution >= 4 is 17.5 Å². The van der Waals surface area contributed by atoms with E-state index < -0.39 is 11.7 Å². The Hall–Kier alpha value is -2.09. The van der Waals surface area contributed by atoms with Crippen molar-refractivity contribution < 1.29 is 17.9 Å². The first-order valence-corrected chi connectivity index (χ1v) is 7.21. The van der Waals surface area contributed by atoms with Gasteiger partial charge in [0.1, 0.15) is 5.75 Å². The highest BCUT2D eigenvalue weighted by Crippen LogP contribution is 2.37. The summed E-state index contributed by atoms with van der Waals surface area (Å²) in [5.74, 6) is 0.603. The van der Waals surface area contributed by atoms with Crippen LogP contribution in [0.25, 0.3) is 0 Å². The molecule has 1 saturated carbocycles. The minimum absolute atomic E-state index is 0.0322. The van der Waals surface area contributed by atoms with Gasteiger partial charge in [-0.1, -0.05) is 11.6 Å². The summed E-state index contributed by atoms with van der Waals surface area (Å²) in [6.07, 6.45) is -0.626. The Morgan fingerprint density at radius 1 is 1.30 bits per heavy atom. The molecular weight excluding hydrogens is 333 g/mol. The molecule has 1 N–H and O–H groups in total. The average Bonchev–Trinajstić information content (AvgIpc) is 3.24. The summed E-state index contributed by atoms with van der Waals surface area (Å²) in [6, 6.07) is 3.14. The molecule has 1 heterocycles. The first-order chi connectivity index (χ1) is 10.9. The van der Waals surface area contributed by atoms with Crippen LogP contribution in [-0.2, 0) is 6.18 Å². The van der Waals surface area contributed by atoms with E-state index in [-0.39, 0.29) is 29.3 Å². The van der Waals surface area contributed by atoms with E-state index in [9.17, 15) is 13.2 Å². The lowest BCUT2D eigenvalue weighted by atomic mass is 10.2. The molecule has 1 fully saturated rings. The van der Waals surface area contributed by atoms with Gasteiger partial charge in [0.05, 0.1) is 29.6 Å². The molecule has 0 saturated heterocycles. The summed E-state index contributed by atoms with van der Waals surface area (Å²) in [5.41, 5.74) is -0.786. The number of halogens is 4. The van der Waals surface area contributed by atoms with Crippen molar-refractivity contribution in [2.45, 2.75) is 18.6 Å². The summed E-state index contributed by atoms with van der Waals surface area (Å²) >= 11 is 5.88. The van der Waals surface area contributed by atoms with Gasteiger partial charge in [-0.2, -0.15) is 18.3 Å². The largest absolute Gasteiger partial charge is 0.492 e. The summed E-state index contributed by atoms with van der Waals surface area (Å²) in [7, 11) is 0. The molecular formula is C14H12ClF3N4O. The van der Waals surface area contributed by atoms with E-state index in [1.54, 1.807) is 0 Å². The molecule has 9 heteroatoms. The molecule has 1 aromatic carbocycles.